The molecule has 0 unspecified atom stereocenters. The Bertz CT molecular complexity index is 716. The molecule has 0 bridgehead atoms. The fourth-order valence-electron chi connectivity index (χ4n) is 5.53. The number of carbonyl (C=O) groups is 2. The number of esters is 1. The number of carbonyl (C=O) groups excluding carboxylic acids is 2. The number of hydrogen-bond acceptors (Lipinski definition) is 4. The highest BCUT2D eigenvalue weighted by molar-refractivity contribution is 5.96. The van der Waals surface area contributed by atoms with Gasteiger partial charge in [-0.2, -0.15) is 0 Å². The Hall–Kier alpha value is -1.84. The first kappa shape index (κ1) is 15.7. The molecular formula is C20H24O4. The van der Waals surface area contributed by atoms with E-state index in [4.69, 9.17) is 9.15 Å². The zero-order chi connectivity index (χ0) is 17.1. The van der Waals surface area contributed by atoms with Crippen LogP contribution in [0.2, 0.25) is 0 Å². The van der Waals surface area contributed by atoms with Gasteiger partial charge in [-0.1, -0.05) is 26.8 Å². The average molecular weight is 328 g/mol. The van der Waals surface area contributed by atoms with Crippen molar-refractivity contribution in [3.8, 4) is 0 Å². The molecule has 1 aromatic rings. The van der Waals surface area contributed by atoms with Gasteiger partial charge in [0.2, 0.25) is 0 Å². The van der Waals surface area contributed by atoms with Gasteiger partial charge in [0.05, 0.1) is 11.8 Å². The molecule has 0 aromatic carbocycles. The standard InChI is InChI=1S/C20H24O4/c1-12-9-17-20(3)14(18(22)24-17)5-4-6-16(20)19(12,2)10-15(21)13-7-8-23-11-13/h5,7-8,11-12,16-17H,4,6,9-10H2,1-3H3/t12-,16+,17+,19-,20-/m1/s1. The van der Waals surface area contributed by atoms with Gasteiger partial charge in [-0.3, -0.25) is 4.79 Å². The first-order valence-electron chi connectivity index (χ1n) is 8.84. The summed E-state index contributed by atoms with van der Waals surface area (Å²) in [6, 6.07) is 1.73. The maximum atomic E-state index is 12.8. The van der Waals surface area contributed by atoms with Crippen LogP contribution in [0.1, 0.15) is 56.8 Å². The monoisotopic (exact) mass is 328 g/mol. The second-order valence-electron chi connectivity index (χ2n) is 8.18. The van der Waals surface area contributed by atoms with Crippen LogP contribution in [0.15, 0.2) is 34.7 Å². The van der Waals surface area contributed by atoms with E-state index >= 15 is 0 Å². The lowest BCUT2D eigenvalue weighted by Crippen LogP contribution is -2.55. The summed E-state index contributed by atoms with van der Waals surface area (Å²) in [5.74, 6) is 0.578. The van der Waals surface area contributed by atoms with E-state index in [1.54, 1.807) is 12.3 Å². The molecule has 0 spiro atoms. The van der Waals surface area contributed by atoms with Crippen LogP contribution < -0.4 is 0 Å². The molecule has 0 radical (unpaired) electrons. The van der Waals surface area contributed by atoms with Gasteiger partial charge in [0.1, 0.15) is 12.4 Å². The Kier molecular flexibility index (Phi) is 3.32. The zero-order valence-corrected chi connectivity index (χ0v) is 14.5. The molecule has 1 saturated carbocycles. The molecule has 2 heterocycles. The van der Waals surface area contributed by atoms with E-state index < -0.39 is 0 Å². The fourth-order valence-corrected chi connectivity index (χ4v) is 5.53. The zero-order valence-electron chi connectivity index (χ0n) is 14.5. The lowest BCUT2D eigenvalue weighted by molar-refractivity contribution is -0.147. The molecule has 24 heavy (non-hydrogen) atoms. The van der Waals surface area contributed by atoms with Gasteiger partial charge in [-0.05, 0) is 42.6 Å². The quantitative estimate of drug-likeness (QED) is 0.617. The molecule has 128 valence electrons. The van der Waals surface area contributed by atoms with E-state index in [9.17, 15) is 9.59 Å². The van der Waals surface area contributed by atoms with Crippen LogP contribution in [-0.2, 0) is 9.53 Å². The minimum absolute atomic E-state index is 0.0475. The third-order valence-corrected chi connectivity index (χ3v) is 7.12. The van der Waals surface area contributed by atoms with Gasteiger partial charge in [-0.15, -0.1) is 0 Å². The van der Waals surface area contributed by atoms with Gasteiger partial charge in [0, 0.05) is 17.4 Å². The Balaban J connectivity index is 1.72. The third-order valence-electron chi connectivity index (χ3n) is 7.12. The van der Waals surface area contributed by atoms with Gasteiger partial charge in [-0.25, -0.2) is 4.79 Å². The maximum Gasteiger partial charge on any atom is 0.334 e. The van der Waals surface area contributed by atoms with Crippen molar-refractivity contribution in [1.29, 1.82) is 0 Å². The molecule has 4 heteroatoms. The average Bonchev–Trinajstić information content (AvgIpc) is 3.14. The van der Waals surface area contributed by atoms with Gasteiger partial charge < -0.3 is 9.15 Å². The second kappa shape index (κ2) is 5.08. The van der Waals surface area contributed by atoms with Crippen molar-refractivity contribution in [1.82, 2.24) is 0 Å². The van der Waals surface area contributed by atoms with E-state index in [1.165, 1.54) is 6.26 Å². The molecule has 2 fully saturated rings. The van der Waals surface area contributed by atoms with Crippen molar-refractivity contribution in [3.05, 3.63) is 35.8 Å². The number of ketones is 1. The first-order chi connectivity index (χ1) is 11.4. The van der Waals surface area contributed by atoms with Crippen LogP contribution in [0.25, 0.3) is 0 Å². The van der Waals surface area contributed by atoms with E-state index in [1.807, 2.05) is 0 Å². The van der Waals surface area contributed by atoms with E-state index in [0.717, 1.165) is 24.8 Å². The van der Waals surface area contributed by atoms with Crippen LogP contribution >= 0.6 is 0 Å². The number of ether oxygens (including phenoxy) is 1. The SMILES string of the molecule is C[C@@H]1C[C@@H]2OC(=O)C3=CCC[C@@H]([C@]1(C)CC(=O)c1ccoc1)[C@@]32C. The molecular weight excluding hydrogens is 304 g/mol. The van der Waals surface area contributed by atoms with Crippen molar-refractivity contribution >= 4 is 11.8 Å². The lowest BCUT2D eigenvalue weighted by atomic mass is 9.46. The van der Waals surface area contributed by atoms with Crippen molar-refractivity contribution < 1.29 is 18.7 Å². The van der Waals surface area contributed by atoms with Crippen molar-refractivity contribution in [3.63, 3.8) is 0 Å². The lowest BCUT2D eigenvalue weighted by Gasteiger charge is -2.56. The molecule has 2 aliphatic carbocycles. The number of furan rings is 1. The van der Waals surface area contributed by atoms with E-state index in [-0.39, 0.29) is 34.6 Å². The molecule has 1 aliphatic heterocycles. The van der Waals surface area contributed by atoms with Crippen LogP contribution in [0, 0.1) is 22.7 Å². The first-order valence-corrected chi connectivity index (χ1v) is 8.84. The Labute approximate surface area is 142 Å². The number of Topliss-reactive ketones (excluding diaryl/α,β-unsaturated/α-hetero) is 1. The number of allylic oxidation sites excluding steroid dienone is 1. The van der Waals surface area contributed by atoms with E-state index in [2.05, 4.69) is 26.8 Å². The minimum atomic E-state index is -0.257. The summed E-state index contributed by atoms with van der Waals surface area (Å²) < 4.78 is 10.8. The van der Waals surface area contributed by atoms with Crippen LogP contribution in [0.3, 0.4) is 0 Å². The Morgan fingerprint density at radius 1 is 1.38 bits per heavy atom. The van der Waals surface area contributed by atoms with Crippen LogP contribution in [0.5, 0.6) is 0 Å². The molecule has 0 amide bonds. The van der Waals surface area contributed by atoms with Gasteiger partial charge in [0.15, 0.2) is 5.78 Å². The summed E-state index contributed by atoms with van der Waals surface area (Å²) in [4.78, 5) is 25.1. The summed E-state index contributed by atoms with van der Waals surface area (Å²) in [7, 11) is 0. The Morgan fingerprint density at radius 2 is 2.17 bits per heavy atom. The summed E-state index contributed by atoms with van der Waals surface area (Å²) in [6.07, 6.45) is 8.29. The van der Waals surface area contributed by atoms with Gasteiger partial charge in [0.25, 0.3) is 0 Å². The second-order valence-corrected chi connectivity index (χ2v) is 8.18. The third kappa shape index (κ3) is 1.92. The highest BCUT2D eigenvalue weighted by Gasteiger charge is 2.64. The smallest absolute Gasteiger partial charge is 0.334 e. The molecule has 4 nitrogen and oxygen atoms in total. The normalized spacial score (nSPS) is 40.7. The molecule has 0 N–H and O–H groups in total. The predicted octanol–water partition coefficient (Wildman–Crippen LogP) is 4.17. The molecule has 4 rings (SSSR count). The number of rotatable bonds is 3. The van der Waals surface area contributed by atoms with Crippen LogP contribution in [0.4, 0.5) is 0 Å². The van der Waals surface area contributed by atoms with Gasteiger partial charge >= 0.3 is 5.97 Å². The molecule has 3 aliphatic rings. The van der Waals surface area contributed by atoms with E-state index in [0.29, 0.717) is 17.9 Å². The predicted molar refractivity (Wildman–Crippen MR) is 88.3 cm³/mol. The minimum Gasteiger partial charge on any atom is -0.472 e. The number of hydrogen-bond donors (Lipinski definition) is 0. The summed E-state index contributed by atoms with van der Waals surface area (Å²) in [6.45, 7) is 6.60. The molecule has 5 atom stereocenters. The summed E-state index contributed by atoms with van der Waals surface area (Å²) in [5, 5.41) is 0. The highest BCUT2D eigenvalue weighted by Crippen LogP contribution is 2.64. The van der Waals surface area contributed by atoms with Crippen molar-refractivity contribution in [2.45, 2.75) is 52.6 Å². The molecule has 1 saturated heterocycles. The fraction of sp³-hybridized carbons (Fsp3) is 0.600. The summed E-state index contributed by atoms with van der Waals surface area (Å²) >= 11 is 0. The molecule has 1 aromatic heterocycles. The maximum absolute atomic E-state index is 12.8. The topological polar surface area (TPSA) is 56.5 Å². The van der Waals surface area contributed by atoms with Crippen molar-refractivity contribution in [2.75, 3.05) is 0 Å². The van der Waals surface area contributed by atoms with Crippen LogP contribution in [-0.4, -0.2) is 17.9 Å². The largest absolute Gasteiger partial charge is 0.472 e. The highest BCUT2D eigenvalue weighted by atomic mass is 16.6. The van der Waals surface area contributed by atoms with Crippen molar-refractivity contribution in [2.24, 2.45) is 22.7 Å². The summed E-state index contributed by atoms with van der Waals surface area (Å²) in [5.41, 5.74) is 1.08. The Morgan fingerprint density at radius 3 is 2.88 bits per heavy atom.